The maximum absolute atomic E-state index is 11.6. The Balaban J connectivity index is 2.44. The molecule has 8 nitrogen and oxygen atoms in total. The first-order valence-electron chi connectivity index (χ1n) is 3.66. The number of rotatable bonds is 0. The molecule has 2 rings (SSSR count). The second kappa shape index (κ2) is 3.58. The lowest BCUT2D eigenvalue weighted by molar-refractivity contribution is 0.236. The fourth-order valence-corrected chi connectivity index (χ4v) is 1.26. The zero-order valence-electron chi connectivity index (χ0n) is 7.07. The molecule has 2 heterocycles. The highest BCUT2D eigenvalue weighted by atomic mass is 79.9. The molecule has 0 bridgehead atoms. The van der Waals surface area contributed by atoms with Crippen LogP contribution in [-0.4, -0.2) is 36.0 Å². The van der Waals surface area contributed by atoms with Crippen LogP contribution in [0.1, 0.15) is 5.69 Å². The summed E-state index contributed by atoms with van der Waals surface area (Å²) in [6, 6.07) is 1.20. The predicted molar refractivity (Wildman–Crippen MR) is 48.7 cm³/mol. The average molecular weight is 268 g/mol. The van der Waals surface area contributed by atoms with E-state index >= 15 is 0 Å². The van der Waals surface area contributed by atoms with E-state index in [0.717, 1.165) is 9.36 Å². The molecule has 0 aliphatic rings. The van der Waals surface area contributed by atoms with E-state index in [2.05, 4.69) is 36.6 Å². The molecule has 0 atom stereocenters. The molecule has 0 aromatic carbocycles. The van der Waals surface area contributed by atoms with Crippen molar-refractivity contribution in [2.24, 2.45) is 0 Å². The highest BCUT2D eigenvalue weighted by Gasteiger charge is 2.17. The van der Waals surface area contributed by atoms with Crippen LogP contribution in [0.25, 0.3) is 0 Å². The normalized spacial score (nSPS) is 9.87. The molecule has 0 aliphatic carbocycles. The largest absolute Gasteiger partial charge is 0.373 e. The summed E-state index contributed by atoms with van der Waals surface area (Å²) >= 11 is 3.03. The molecular formula is C6H2BrN7O. The third kappa shape index (κ3) is 1.50. The van der Waals surface area contributed by atoms with E-state index in [4.69, 9.17) is 5.26 Å². The molecule has 0 N–H and O–H groups in total. The Morgan fingerprint density at radius 1 is 1.53 bits per heavy atom. The lowest BCUT2D eigenvalue weighted by Gasteiger charge is -1.97. The van der Waals surface area contributed by atoms with Gasteiger partial charge in [0.25, 0.3) is 0 Å². The van der Waals surface area contributed by atoms with Gasteiger partial charge in [-0.1, -0.05) is 10.4 Å². The van der Waals surface area contributed by atoms with Gasteiger partial charge in [0.05, 0.1) is 12.4 Å². The number of aromatic nitrogens is 6. The van der Waals surface area contributed by atoms with Crippen molar-refractivity contribution in [1.29, 1.82) is 5.26 Å². The van der Waals surface area contributed by atoms with Crippen molar-refractivity contribution in [2.75, 3.05) is 0 Å². The van der Waals surface area contributed by atoms with Gasteiger partial charge in [-0.3, -0.25) is 0 Å². The lowest BCUT2D eigenvalue weighted by atomic mass is 10.5. The van der Waals surface area contributed by atoms with E-state index in [-0.39, 0.29) is 10.3 Å². The van der Waals surface area contributed by atoms with E-state index in [0.29, 0.717) is 0 Å². The van der Waals surface area contributed by atoms with E-state index in [1.54, 1.807) is 6.07 Å². The first-order chi connectivity index (χ1) is 7.24. The van der Waals surface area contributed by atoms with E-state index < -0.39 is 6.03 Å². The number of nitriles is 1. The maximum atomic E-state index is 11.6. The monoisotopic (exact) mass is 267 g/mol. The zero-order valence-corrected chi connectivity index (χ0v) is 8.66. The Hall–Kier alpha value is -2.08. The number of carbonyl (C=O) groups excluding carboxylic acids is 1. The molecule has 2 aromatic heterocycles. The van der Waals surface area contributed by atoms with Gasteiger partial charge in [-0.2, -0.15) is 14.6 Å². The zero-order chi connectivity index (χ0) is 10.8. The summed E-state index contributed by atoms with van der Waals surface area (Å²) in [5.41, 5.74) is 0.0310. The summed E-state index contributed by atoms with van der Waals surface area (Å²) < 4.78 is 2.07. The minimum Gasteiger partial charge on any atom is -0.243 e. The molecule has 15 heavy (non-hydrogen) atoms. The SMILES string of the molecule is N#Cc1nnn(C(=O)n2ccnn2)c1Br. The van der Waals surface area contributed by atoms with Crippen molar-refractivity contribution in [3.05, 3.63) is 22.7 Å². The Labute approximate surface area is 91.2 Å². The molecule has 0 unspecified atom stereocenters. The molecule has 0 spiro atoms. The van der Waals surface area contributed by atoms with Gasteiger partial charge >= 0.3 is 6.03 Å². The van der Waals surface area contributed by atoms with Crippen LogP contribution in [0.4, 0.5) is 4.79 Å². The van der Waals surface area contributed by atoms with Crippen molar-refractivity contribution in [2.45, 2.75) is 0 Å². The predicted octanol–water partition coefficient (Wildman–Crippen LogP) is 0.0202. The highest BCUT2D eigenvalue weighted by molar-refractivity contribution is 9.10. The van der Waals surface area contributed by atoms with Crippen LogP contribution in [0.5, 0.6) is 0 Å². The number of carbonyl (C=O) groups is 1. The third-order valence-corrected chi connectivity index (χ3v) is 2.23. The van der Waals surface area contributed by atoms with E-state index in [1.807, 2.05) is 0 Å². The van der Waals surface area contributed by atoms with E-state index in [1.165, 1.54) is 12.4 Å². The molecule has 74 valence electrons. The summed E-state index contributed by atoms with van der Waals surface area (Å²) in [5.74, 6) is 0. The standard InChI is InChI=1S/C6H2BrN7O/c7-5-4(3-8)10-12-14(5)6(15)13-2-1-9-11-13/h1-2H. The smallest absolute Gasteiger partial charge is 0.243 e. The summed E-state index contributed by atoms with van der Waals surface area (Å²) in [6.45, 7) is 0. The van der Waals surface area contributed by atoms with Gasteiger partial charge in [-0.25, -0.2) is 4.79 Å². The average Bonchev–Trinajstić information content (AvgIpc) is 2.85. The van der Waals surface area contributed by atoms with Gasteiger partial charge in [0.2, 0.25) is 0 Å². The number of hydrogen-bond donors (Lipinski definition) is 0. The summed E-state index contributed by atoms with van der Waals surface area (Å²) in [6.07, 6.45) is 2.72. The molecule has 0 amide bonds. The van der Waals surface area contributed by atoms with Crippen LogP contribution in [0.3, 0.4) is 0 Å². The lowest BCUT2D eigenvalue weighted by Crippen LogP contribution is -2.21. The Morgan fingerprint density at radius 2 is 2.33 bits per heavy atom. The molecule has 9 heteroatoms. The van der Waals surface area contributed by atoms with Gasteiger partial charge in [0.1, 0.15) is 6.07 Å². The summed E-state index contributed by atoms with van der Waals surface area (Å²) in [7, 11) is 0. The van der Waals surface area contributed by atoms with Crippen LogP contribution >= 0.6 is 15.9 Å². The van der Waals surface area contributed by atoms with Crippen molar-refractivity contribution in [1.82, 2.24) is 30.0 Å². The molecule has 2 aromatic rings. The van der Waals surface area contributed by atoms with Crippen LogP contribution in [0.2, 0.25) is 0 Å². The van der Waals surface area contributed by atoms with Crippen LogP contribution in [0, 0.1) is 11.3 Å². The minimum absolute atomic E-state index is 0.0310. The van der Waals surface area contributed by atoms with Crippen molar-refractivity contribution in [3.63, 3.8) is 0 Å². The quantitative estimate of drug-likeness (QED) is 0.667. The van der Waals surface area contributed by atoms with Gasteiger partial charge < -0.3 is 0 Å². The Bertz CT molecular complexity index is 536. The van der Waals surface area contributed by atoms with Crippen molar-refractivity contribution in [3.8, 4) is 6.07 Å². The summed E-state index contributed by atoms with van der Waals surface area (Å²) in [5, 5.41) is 22.6. The Kier molecular flexibility index (Phi) is 2.26. The van der Waals surface area contributed by atoms with Crippen LogP contribution < -0.4 is 0 Å². The topological polar surface area (TPSA) is 102 Å². The van der Waals surface area contributed by atoms with Gasteiger partial charge in [-0.15, -0.1) is 10.2 Å². The van der Waals surface area contributed by atoms with Crippen molar-refractivity contribution >= 4 is 22.0 Å². The van der Waals surface area contributed by atoms with E-state index in [9.17, 15) is 4.79 Å². The molecule has 0 aliphatic heterocycles. The van der Waals surface area contributed by atoms with Crippen LogP contribution in [-0.2, 0) is 0 Å². The number of hydrogen-bond acceptors (Lipinski definition) is 6. The van der Waals surface area contributed by atoms with Gasteiger partial charge in [-0.05, 0) is 15.9 Å². The molecule has 0 saturated heterocycles. The fraction of sp³-hybridized carbons (Fsp3) is 0. The number of halogens is 1. The highest BCUT2D eigenvalue weighted by Crippen LogP contribution is 2.12. The van der Waals surface area contributed by atoms with Gasteiger partial charge in [0, 0.05) is 0 Å². The minimum atomic E-state index is -0.576. The first-order valence-corrected chi connectivity index (χ1v) is 4.45. The second-order valence-electron chi connectivity index (χ2n) is 2.38. The molecule has 0 radical (unpaired) electrons. The van der Waals surface area contributed by atoms with Crippen molar-refractivity contribution < 1.29 is 4.79 Å². The molecular weight excluding hydrogens is 266 g/mol. The summed E-state index contributed by atoms with van der Waals surface area (Å²) in [4.78, 5) is 11.6. The number of nitrogens with zero attached hydrogens (tertiary/aromatic N) is 7. The van der Waals surface area contributed by atoms with Crippen LogP contribution in [0.15, 0.2) is 17.0 Å². The maximum Gasteiger partial charge on any atom is 0.373 e. The molecule has 0 fully saturated rings. The molecule has 0 saturated carbocycles. The Morgan fingerprint density at radius 3 is 2.87 bits per heavy atom. The second-order valence-corrected chi connectivity index (χ2v) is 3.13. The van der Waals surface area contributed by atoms with Gasteiger partial charge in [0.15, 0.2) is 10.3 Å². The first kappa shape index (κ1) is 9.47. The fourth-order valence-electron chi connectivity index (χ4n) is 0.868. The third-order valence-electron chi connectivity index (χ3n) is 1.52.